The van der Waals surface area contributed by atoms with E-state index >= 15 is 0 Å². The van der Waals surface area contributed by atoms with Gasteiger partial charge in [0, 0.05) is 38.3 Å². The third-order valence-corrected chi connectivity index (χ3v) is 5.81. The summed E-state index contributed by atoms with van der Waals surface area (Å²) in [5.74, 6) is 0.0111. The van der Waals surface area contributed by atoms with Crippen LogP contribution < -0.4 is 5.56 Å². The Hall–Kier alpha value is -1.99. The van der Waals surface area contributed by atoms with Gasteiger partial charge in [-0.15, -0.1) is 0 Å². The number of fused-ring (bicyclic) bond motifs is 1. The summed E-state index contributed by atoms with van der Waals surface area (Å²) in [5, 5.41) is 4.27. The first-order chi connectivity index (χ1) is 12.2. The fraction of sp³-hybridized carbons (Fsp3) is 0.500. The van der Waals surface area contributed by atoms with Crippen molar-refractivity contribution in [3.8, 4) is 0 Å². The van der Waals surface area contributed by atoms with Crippen LogP contribution in [0.2, 0.25) is 0 Å². The second kappa shape index (κ2) is 7.09. The van der Waals surface area contributed by atoms with Gasteiger partial charge in [-0.3, -0.25) is 19.1 Å². The van der Waals surface area contributed by atoms with E-state index in [1.165, 1.54) is 16.5 Å². The number of carbonyl (C=O) groups excluding carboxylic acids is 1. The minimum absolute atomic E-state index is 0.0111. The van der Waals surface area contributed by atoms with E-state index in [1.54, 1.807) is 11.3 Å². The van der Waals surface area contributed by atoms with Crippen LogP contribution in [0.1, 0.15) is 23.2 Å². The number of piperazine rings is 1. The number of nitrogens with zero attached hydrogens (tertiary/aromatic N) is 4. The van der Waals surface area contributed by atoms with Crippen LogP contribution in [0.3, 0.4) is 0 Å². The zero-order chi connectivity index (χ0) is 17.2. The number of rotatable bonds is 4. The van der Waals surface area contributed by atoms with Crippen molar-refractivity contribution in [3.05, 3.63) is 50.3 Å². The summed E-state index contributed by atoms with van der Waals surface area (Å²) in [6, 6.07) is 2.15. The Kier molecular flexibility index (Phi) is 4.67. The van der Waals surface area contributed by atoms with Crippen molar-refractivity contribution in [1.29, 1.82) is 0 Å². The van der Waals surface area contributed by atoms with Crippen LogP contribution in [0, 0.1) is 0 Å². The summed E-state index contributed by atoms with van der Waals surface area (Å²) >= 11 is 1.72. The molecule has 6 nitrogen and oxygen atoms in total. The highest BCUT2D eigenvalue weighted by Crippen LogP contribution is 2.15. The van der Waals surface area contributed by atoms with Gasteiger partial charge in [-0.1, -0.05) is 0 Å². The van der Waals surface area contributed by atoms with Crippen LogP contribution in [0.4, 0.5) is 0 Å². The maximum Gasteiger partial charge on any atom is 0.257 e. The van der Waals surface area contributed by atoms with E-state index in [-0.39, 0.29) is 18.0 Å². The average Bonchev–Trinajstić information content (AvgIpc) is 3.30. The highest BCUT2D eigenvalue weighted by atomic mass is 32.1. The average molecular weight is 358 g/mol. The summed E-state index contributed by atoms with van der Waals surface area (Å²) in [5.41, 5.74) is 3.01. The van der Waals surface area contributed by atoms with Gasteiger partial charge in [-0.05, 0) is 41.7 Å². The molecule has 1 aliphatic carbocycles. The Balaban J connectivity index is 1.34. The number of aryl methyl sites for hydroxylation is 1. The van der Waals surface area contributed by atoms with E-state index in [2.05, 4.69) is 26.7 Å². The highest BCUT2D eigenvalue weighted by molar-refractivity contribution is 7.07. The normalized spacial score (nSPS) is 17.7. The zero-order valence-corrected chi connectivity index (χ0v) is 15.0. The lowest BCUT2D eigenvalue weighted by Crippen LogP contribution is -2.49. The number of hydrogen-bond acceptors (Lipinski definition) is 5. The van der Waals surface area contributed by atoms with Gasteiger partial charge < -0.3 is 4.90 Å². The van der Waals surface area contributed by atoms with Gasteiger partial charge in [0.1, 0.15) is 6.54 Å². The molecule has 132 valence electrons. The topological polar surface area (TPSA) is 58.4 Å². The maximum absolute atomic E-state index is 12.6. The monoisotopic (exact) mass is 358 g/mol. The number of amides is 1. The Morgan fingerprint density at radius 1 is 1.20 bits per heavy atom. The predicted octanol–water partition coefficient (Wildman–Crippen LogP) is 1.14. The molecule has 0 radical (unpaired) electrons. The molecule has 2 aliphatic rings. The second-order valence-corrected chi connectivity index (χ2v) is 7.52. The minimum Gasteiger partial charge on any atom is -0.339 e. The van der Waals surface area contributed by atoms with Gasteiger partial charge in [0.15, 0.2) is 0 Å². The molecule has 1 amide bonds. The van der Waals surface area contributed by atoms with Gasteiger partial charge in [-0.25, -0.2) is 4.98 Å². The molecular formula is C18H22N4O2S. The lowest BCUT2D eigenvalue weighted by Gasteiger charge is -2.34. The molecule has 0 spiro atoms. The molecule has 3 heterocycles. The summed E-state index contributed by atoms with van der Waals surface area (Å²) in [4.78, 5) is 33.6. The van der Waals surface area contributed by atoms with Crippen LogP contribution in [0.5, 0.6) is 0 Å². The Labute approximate surface area is 150 Å². The zero-order valence-electron chi connectivity index (χ0n) is 14.2. The summed E-state index contributed by atoms with van der Waals surface area (Å²) in [6.07, 6.45) is 4.20. The van der Waals surface area contributed by atoms with Crippen molar-refractivity contribution in [2.45, 2.75) is 32.4 Å². The van der Waals surface area contributed by atoms with E-state index in [1.807, 2.05) is 4.90 Å². The van der Waals surface area contributed by atoms with Gasteiger partial charge in [-0.2, -0.15) is 11.3 Å². The van der Waals surface area contributed by atoms with Gasteiger partial charge in [0.2, 0.25) is 5.91 Å². The van der Waals surface area contributed by atoms with Crippen LogP contribution >= 0.6 is 11.3 Å². The largest absolute Gasteiger partial charge is 0.339 e. The van der Waals surface area contributed by atoms with E-state index in [0.717, 1.165) is 63.2 Å². The van der Waals surface area contributed by atoms with E-state index in [4.69, 9.17) is 0 Å². The van der Waals surface area contributed by atoms with Crippen molar-refractivity contribution < 1.29 is 4.79 Å². The van der Waals surface area contributed by atoms with Gasteiger partial charge in [0.05, 0.1) is 12.0 Å². The molecular weight excluding hydrogens is 336 g/mol. The fourth-order valence-electron chi connectivity index (χ4n) is 3.62. The first-order valence-electron chi connectivity index (χ1n) is 8.79. The van der Waals surface area contributed by atoms with Crippen LogP contribution in [0.15, 0.2) is 27.9 Å². The molecule has 1 saturated heterocycles. The third kappa shape index (κ3) is 3.52. The quantitative estimate of drug-likeness (QED) is 0.822. The third-order valence-electron chi connectivity index (χ3n) is 5.08. The molecule has 0 N–H and O–H groups in total. The Bertz CT molecular complexity index is 807. The molecule has 1 fully saturated rings. The Morgan fingerprint density at radius 3 is 2.80 bits per heavy atom. The minimum atomic E-state index is -0.0352. The first kappa shape index (κ1) is 16.5. The summed E-state index contributed by atoms with van der Waals surface area (Å²) in [7, 11) is 0. The molecule has 2 aromatic heterocycles. The molecule has 0 unspecified atom stereocenters. The first-order valence-corrected chi connectivity index (χ1v) is 9.73. The fourth-order valence-corrected chi connectivity index (χ4v) is 4.28. The van der Waals surface area contributed by atoms with E-state index in [0.29, 0.717) is 0 Å². The molecule has 25 heavy (non-hydrogen) atoms. The number of aromatic nitrogens is 2. The van der Waals surface area contributed by atoms with Crippen molar-refractivity contribution in [2.75, 3.05) is 26.2 Å². The van der Waals surface area contributed by atoms with Crippen molar-refractivity contribution in [2.24, 2.45) is 0 Å². The smallest absolute Gasteiger partial charge is 0.257 e. The molecule has 1 aliphatic heterocycles. The van der Waals surface area contributed by atoms with Crippen molar-refractivity contribution >= 4 is 17.2 Å². The SMILES string of the molecule is O=C(Cn1cnc2c(c1=O)CCC2)N1CCN(Cc2ccsc2)CC1. The van der Waals surface area contributed by atoms with E-state index in [9.17, 15) is 9.59 Å². The standard InChI is InChI=1S/C18H22N4O2S/c23-17(11-22-13-19-16-3-1-2-15(16)18(22)24)21-7-5-20(6-8-21)10-14-4-9-25-12-14/h4,9,12-13H,1-3,5-8,10-11H2. The molecule has 4 rings (SSSR count). The van der Waals surface area contributed by atoms with Gasteiger partial charge in [0.25, 0.3) is 5.56 Å². The number of thiophene rings is 1. The van der Waals surface area contributed by atoms with Gasteiger partial charge >= 0.3 is 0 Å². The molecule has 0 atom stereocenters. The summed E-state index contributed by atoms with van der Waals surface area (Å²) in [6.45, 7) is 4.23. The maximum atomic E-state index is 12.6. The molecule has 0 saturated carbocycles. The van der Waals surface area contributed by atoms with Crippen molar-refractivity contribution in [3.63, 3.8) is 0 Å². The molecule has 2 aromatic rings. The number of hydrogen-bond donors (Lipinski definition) is 0. The number of carbonyl (C=O) groups is 1. The van der Waals surface area contributed by atoms with Crippen molar-refractivity contribution in [1.82, 2.24) is 19.4 Å². The lowest BCUT2D eigenvalue weighted by molar-refractivity contribution is -0.133. The lowest BCUT2D eigenvalue weighted by atomic mass is 10.2. The highest BCUT2D eigenvalue weighted by Gasteiger charge is 2.23. The van der Waals surface area contributed by atoms with Crippen LogP contribution in [-0.2, 0) is 30.7 Å². The predicted molar refractivity (Wildman–Crippen MR) is 96.7 cm³/mol. The Morgan fingerprint density at radius 2 is 2.04 bits per heavy atom. The van der Waals surface area contributed by atoms with E-state index < -0.39 is 0 Å². The molecule has 0 aromatic carbocycles. The molecule has 0 bridgehead atoms. The second-order valence-electron chi connectivity index (χ2n) is 6.74. The molecule has 7 heteroatoms. The summed E-state index contributed by atoms with van der Waals surface area (Å²) < 4.78 is 1.48. The van der Waals surface area contributed by atoms with Crippen LogP contribution in [0.25, 0.3) is 0 Å². The van der Waals surface area contributed by atoms with Crippen LogP contribution in [-0.4, -0.2) is 51.4 Å².